The van der Waals surface area contributed by atoms with E-state index in [0.717, 1.165) is 11.1 Å². The largest absolute Gasteiger partial charge is 0.394 e. The fourth-order valence-corrected chi connectivity index (χ4v) is 4.54. The number of hydrogen-bond donors (Lipinski definition) is 4. The average molecular weight is 491 g/mol. The molecule has 0 saturated carbocycles. The van der Waals surface area contributed by atoms with Gasteiger partial charge in [0.25, 0.3) is 5.91 Å². The maximum absolute atomic E-state index is 12.4. The first-order valence-corrected chi connectivity index (χ1v) is 11.4. The van der Waals surface area contributed by atoms with Gasteiger partial charge in [-0.3, -0.25) is 14.6 Å². The Morgan fingerprint density at radius 3 is 2.35 bits per heavy atom. The summed E-state index contributed by atoms with van der Waals surface area (Å²) in [6.45, 7) is 1.59. The van der Waals surface area contributed by atoms with Crippen LogP contribution in [0.1, 0.15) is 29.7 Å². The van der Waals surface area contributed by atoms with Crippen LogP contribution in [-0.2, 0) is 16.0 Å². The van der Waals surface area contributed by atoms with Crippen LogP contribution in [0.4, 0.5) is 10.5 Å². The third-order valence-corrected chi connectivity index (χ3v) is 6.67. The van der Waals surface area contributed by atoms with Crippen LogP contribution in [-0.4, -0.2) is 81.4 Å². The maximum atomic E-state index is 12.4. The highest BCUT2D eigenvalue weighted by Gasteiger charge is 2.44. The van der Waals surface area contributed by atoms with Crippen molar-refractivity contribution in [3.8, 4) is 0 Å². The van der Waals surface area contributed by atoms with Gasteiger partial charge in [0, 0.05) is 17.3 Å². The molecule has 2 aromatic rings. The Labute approximate surface area is 201 Å². The molecular formula is C24H27ClN2O7. The molecule has 2 saturated heterocycles. The Kier molecular flexibility index (Phi) is 7.22. The van der Waals surface area contributed by atoms with Gasteiger partial charge in [0.15, 0.2) is 0 Å². The number of rotatable bonds is 6. The molecule has 4 rings (SSSR count). The van der Waals surface area contributed by atoms with E-state index in [4.69, 9.17) is 16.3 Å². The molecular weight excluding hydrogens is 464 g/mol. The third-order valence-electron chi connectivity index (χ3n) is 6.31. The molecule has 3 amide bonds. The predicted octanol–water partition coefficient (Wildman–Crippen LogP) is 1.23. The zero-order valence-corrected chi connectivity index (χ0v) is 19.3. The monoisotopic (exact) mass is 490 g/mol. The second-order valence-corrected chi connectivity index (χ2v) is 8.86. The lowest BCUT2D eigenvalue weighted by molar-refractivity contribution is -0.231. The van der Waals surface area contributed by atoms with Crippen LogP contribution in [0.5, 0.6) is 0 Å². The number of benzene rings is 2. The van der Waals surface area contributed by atoms with Crippen molar-refractivity contribution < 1.29 is 34.8 Å². The van der Waals surface area contributed by atoms with Crippen LogP contribution in [0.25, 0.3) is 0 Å². The van der Waals surface area contributed by atoms with E-state index in [2.05, 4.69) is 0 Å². The van der Waals surface area contributed by atoms with E-state index in [1.54, 1.807) is 37.3 Å². The summed E-state index contributed by atoms with van der Waals surface area (Å²) in [6.07, 6.45) is -5.78. The molecule has 2 aliphatic heterocycles. The third kappa shape index (κ3) is 4.55. The number of hydrogen-bond acceptors (Lipinski definition) is 7. The van der Waals surface area contributed by atoms with Crippen molar-refractivity contribution in [2.45, 2.75) is 43.9 Å². The molecule has 0 unspecified atom stereocenters. The predicted molar refractivity (Wildman–Crippen MR) is 124 cm³/mol. The molecule has 2 heterocycles. The Balaban J connectivity index is 1.52. The Morgan fingerprint density at radius 1 is 1.03 bits per heavy atom. The molecule has 0 bridgehead atoms. The normalized spacial score (nSPS) is 27.5. The Bertz CT molecular complexity index is 1060. The summed E-state index contributed by atoms with van der Waals surface area (Å²) in [5.41, 5.74) is 2.82. The van der Waals surface area contributed by atoms with Crippen LogP contribution in [0, 0.1) is 0 Å². The molecule has 2 aliphatic rings. The van der Waals surface area contributed by atoms with Gasteiger partial charge in [-0.05, 0) is 48.2 Å². The summed E-state index contributed by atoms with van der Waals surface area (Å²) in [5.74, 6) is -0.228. The number of likely N-dealkylation sites (N-methyl/N-ethyl adjacent to an activating group) is 1. The summed E-state index contributed by atoms with van der Waals surface area (Å²) in [7, 11) is 0. The van der Waals surface area contributed by atoms with Crippen molar-refractivity contribution in [1.82, 2.24) is 4.90 Å². The van der Waals surface area contributed by atoms with Crippen molar-refractivity contribution in [2.24, 2.45) is 0 Å². The molecule has 2 aromatic carbocycles. The standard InChI is InChI=1S/C24H27ClN2O7/c1-2-26-19(29)11-27(24(26)33)16-6-3-13(4-7-16)9-15-10-14(5-8-17(15)25)23-22(32)21(31)20(30)18(12-28)34-23/h3-8,10,18,20-23,28,30-32H,2,9,11-12H2,1H3/t18-,20-,21+,22+,23+/m1/s1. The number of anilines is 1. The van der Waals surface area contributed by atoms with Gasteiger partial charge in [-0.15, -0.1) is 0 Å². The van der Waals surface area contributed by atoms with Gasteiger partial charge in [-0.1, -0.05) is 35.9 Å². The topological polar surface area (TPSA) is 131 Å². The van der Waals surface area contributed by atoms with Gasteiger partial charge >= 0.3 is 6.03 Å². The summed E-state index contributed by atoms with van der Waals surface area (Å²) in [5, 5.41) is 40.5. The second kappa shape index (κ2) is 9.99. The minimum Gasteiger partial charge on any atom is -0.394 e. The number of carbonyl (C=O) groups excluding carboxylic acids is 2. The van der Waals surface area contributed by atoms with E-state index < -0.39 is 37.1 Å². The Hall–Kier alpha value is -2.53. The van der Waals surface area contributed by atoms with E-state index >= 15 is 0 Å². The highest BCUT2D eigenvalue weighted by Crippen LogP contribution is 2.34. The van der Waals surface area contributed by atoms with Crippen molar-refractivity contribution in [3.05, 3.63) is 64.2 Å². The summed E-state index contributed by atoms with van der Waals surface area (Å²) >= 11 is 6.40. The SMILES string of the molecule is CCN1C(=O)CN(c2ccc(Cc3cc([C@@H]4O[C@H](CO)[C@@H](O)[C@H](O)[C@@H]4O)ccc3Cl)cc2)C1=O. The number of amides is 3. The molecule has 0 spiro atoms. The maximum Gasteiger partial charge on any atom is 0.331 e. The lowest BCUT2D eigenvalue weighted by Gasteiger charge is -2.40. The lowest BCUT2D eigenvalue weighted by atomic mass is 9.90. The van der Waals surface area contributed by atoms with Gasteiger partial charge in [-0.2, -0.15) is 0 Å². The minimum atomic E-state index is -1.47. The lowest BCUT2D eigenvalue weighted by Crippen LogP contribution is -2.55. The fourth-order valence-electron chi connectivity index (χ4n) is 4.35. The zero-order chi connectivity index (χ0) is 24.6. The number of nitrogens with zero attached hydrogens (tertiary/aromatic N) is 2. The molecule has 4 N–H and O–H groups in total. The number of carbonyl (C=O) groups is 2. The van der Waals surface area contributed by atoms with Crippen LogP contribution < -0.4 is 4.90 Å². The van der Waals surface area contributed by atoms with E-state index in [1.807, 2.05) is 12.1 Å². The first kappa shape index (κ1) is 24.6. The number of urea groups is 1. The van der Waals surface area contributed by atoms with E-state index in [0.29, 0.717) is 29.2 Å². The van der Waals surface area contributed by atoms with Crippen LogP contribution in [0.3, 0.4) is 0 Å². The number of ether oxygens (including phenoxy) is 1. The van der Waals surface area contributed by atoms with Crippen molar-refractivity contribution >= 4 is 29.2 Å². The summed E-state index contributed by atoms with van der Waals surface area (Å²) in [6, 6.07) is 12.0. The van der Waals surface area contributed by atoms with E-state index in [-0.39, 0.29) is 18.5 Å². The van der Waals surface area contributed by atoms with Crippen LogP contribution in [0.2, 0.25) is 5.02 Å². The molecule has 0 aliphatic carbocycles. The molecule has 34 heavy (non-hydrogen) atoms. The molecule has 5 atom stereocenters. The molecule has 10 heteroatoms. The van der Waals surface area contributed by atoms with Crippen molar-refractivity contribution in [2.75, 3.05) is 24.6 Å². The first-order valence-electron chi connectivity index (χ1n) is 11.0. The molecule has 9 nitrogen and oxygen atoms in total. The van der Waals surface area contributed by atoms with Gasteiger partial charge in [0.1, 0.15) is 37.1 Å². The smallest absolute Gasteiger partial charge is 0.331 e. The first-order chi connectivity index (χ1) is 16.2. The van der Waals surface area contributed by atoms with E-state index in [9.17, 15) is 30.0 Å². The van der Waals surface area contributed by atoms with Crippen molar-refractivity contribution in [1.29, 1.82) is 0 Å². The van der Waals surface area contributed by atoms with E-state index in [1.165, 1.54) is 9.80 Å². The quantitative estimate of drug-likeness (QED) is 0.448. The van der Waals surface area contributed by atoms with Gasteiger partial charge < -0.3 is 25.2 Å². The molecule has 2 fully saturated rings. The molecule has 182 valence electrons. The van der Waals surface area contributed by atoms with Gasteiger partial charge in [0.05, 0.1) is 6.61 Å². The molecule has 0 aromatic heterocycles. The average Bonchev–Trinajstić information content (AvgIpc) is 3.12. The second-order valence-electron chi connectivity index (χ2n) is 8.45. The number of halogens is 1. The van der Waals surface area contributed by atoms with Gasteiger partial charge in [-0.25, -0.2) is 4.79 Å². The van der Waals surface area contributed by atoms with Crippen LogP contribution in [0.15, 0.2) is 42.5 Å². The fraction of sp³-hybridized carbons (Fsp3) is 0.417. The zero-order valence-electron chi connectivity index (χ0n) is 18.5. The van der Waals surface area contributed by atoms with Crippen LogP contribution >= 0.6 is 11.6 Å². The minimum absolute atomic E-state index is 0.0129. The highest BCUT2D eigenvalue weighted by molar-refractivity contribution is 6.31. The number of aliphatic hydroxyl groups is 4. The highest BCUT2D eigenvalue weighted by atomic mass is 35.5. The van der Waals surface area contributed by atoms with Gasteiger partial charge in [0.2, 0.25) is 0 Å². The summed E-state index contributed by atoms with van der Waals surface area (Å²) in [4.78, 5) is 27.0. The number of imide groups is 1. The molecule has 0 radical (unpaired) electrons. The summed E-state index contributed by atoms with van der Waals surface area (Å²) < 4.78 is 5.65. The number of aliphatic hydroxyl groups excluding tert-OH is 4. The Morgan fingerprint density at radius 2 is 1.74 bits per heavy atom. The van der Waals surface area contributed by atoms with Crippen molar-refractivity contribution in [3.63, 3.8) is 0 Å².